The second-order valence-electron chi connectivity index (χ2n) is 13.4. The van der Waals surface area contributed by atoms with Gasteiger partial charge >= 0.3 is 5.97 Å². The van der Waals surface area contributed by atoms with Gasteiger partial charge in [0.15, 0.2) is 0 Å². The fraction of sp³-hybridized carbons (Fsp3) is 0.967. The van der Waals surface area contributed by atoms with E-state index in [-0.39, 0.29) is 17.5 Å². The molecule has 4 aliphatic carbocycles. The van der Waals surface area contributed by atoms with Gasteiger partial charge in [-0.3, -0.25) is 4.79 Å². The average Bonchev–Trinajstić information content (AvgIpc) is 3.11. The number of halogens is 1. The van der Waals surface area contributed by atoms with Crippen LogP contribution in [0.15, 0.2) is 0 Å². The molecule has 0 aliphatic heterocycles. The van der Waals surface area contributed by atoms with Crippen LogP contribution in [0.25, 0.3) is 0 Å². The molecule has 2 nitrogen and oxygen atoms in total. The number of hydrogen-bond acceptors (Lipinski definition) is 2. The standard InChI is InChI=1S/C30H51ClO2/c1-20(2)8-6-9-21(3)24-14-15-25-23-13-12-22-10-7-11-27(33-28(32)17-19-31)30(22,5)26(23)16-18-29(24,25)4/h20-27H,6-19H2,1-5H3/t21-,22+,23+,24-,25-,26-,27?,29+,30-/m0/s1. The van der Waals surface area contributed by atoms with Crippen LogP contribution in [0.4, 0.5) is 0 Å². The number of carbonyl (C=O) groups is 1. The summed E-state index contributed by atoms with van der Waals surface area (Å²) in [5.74, 6) is 6.09. The number of ether oxygens (including phenoxy) is 1. The quantitative estimate of drug-likeness (QED) is 0.257. The summed E-state index contributed by atoms with van der Waals surface area (Å²) in [5.41, 5.74) is 0.701. The third-order valence-electron chi connectivity index (χ3n) is 11.5. The number of rotatable bonds is 8. The van der Waals surface area contributed by atoms with Gasteiger partial charge in [-0.15, -0.1) is 11.6 Å². The van der Waals surface area contributed by atoms with Crippen molar-refractivity contribution >= 4 is 17.6 Å². The third-order valence-corrected chi connectivity index (χ3v) is 11.6. The molecule has 33 heavy (non-hydrogen) atoms. The van der Waals surface area contributed by atoms with E-state index in [1.807, 2.05) is 0 Å². The molecule has 0 N–H and O–H groups in total. The molecule has 0 aromatic rings. The highest BCUT2D eigenvalue weighted by Gasteiger charge is 2.62. The lowest BCUT2D eigenvalue weighted by Crippen LogP contribution is -2.58. The molecule has 0 spiro atoms. The van der Waals surface area contributed by atoms with Crippen molar-refractivity contribution in [2.75, 3.05) is 5.88 Å². The Labute approximate surface area is 209 Å². The van der Waals surface area contributed by atoms with E-state index in [9.17, 15) is 4.79 Å². The lowest BCUT2D eigenvalue weighted by Gasteiger charge is -2.62. The molecule has 9 atom stereocenters. The maximum absolute atomic E-state index is 12.5. The molecule has 0 radical (unpaired) electrons. The summed E-state index contributed by atoms with van der Waals surface area (Å²) in [4.78, 5) is 12.5. The Morgan fingerprint density at radius 3 is 2.48 bits per heavy atom. The van der Waals surface area contributed by atoms with Crippen LogP contribution in [-0.4, -0.2) is 18.0 Å². The molecule has 190 valence electrons. The number of carbonyl (C=O) groups excluding carboxylic acids is 1. The van der Waals surface area contributed by atoms with Gasteiger partial charge in [0.2, 0.25) is 0 Å². The minimum Gasteiger partial charge on any atom is -0.462 e. The van der Waals surface area contributed by atoms with Crippen molar-refractivity contribution in [3.8, 4) is 0 Å². The summed E-state index contributed by atoms with van der Waals surface area (Å²) >= 11 is 5.86. The average molecular weight is 479 g/mol. The predicted molar refractivity (Wildman–Crippen MR) is 138 cm³/mol. The van der Waals surface area contributed by atoms with Crippen LogP contribution in [-0.2, 0) is 9.53 Å². The maximum atomic E-state index is 12.5. The van der Waals surface area contributed by atoms with E-state index in [0.29, 0.717) is 17.7 Å². The van der Waals surface area contributed by atoms with Crippen molar-refractivity contribution in [1.82, 2.24) is 0 Å². The number of esters is 1. The maximum Gasteiger partial charge on any atom is 0.307 e. The van der Waals surface area contributed by atoms with Crippen molar-refractivity contribution in [3.05, 3.63) is 0 Å². The zero-order chi connectivity index (χ0) is 23.8. The Hall–Kier alpha value is -0.240. The minimum absolute atomic E-state index is 0.0733. The molecule has 0 aromatic heterocycles. The van der Waals surface area contributed by atoms with Crippen molar-refractivity contribution < 1.29 is 9.53 Å². The van der Waals surface area contributed by atoms with E-state index in [1.165, 1.54) is 70.6 Å². The third kappa shape index (κ3) is 4.77. The Morgan fingerprint density at radius 2 is 1.76 bits per heavy atom. The molecule has 0 bridgehead atoms. The number of hydrogen-bond donors (Lipinski definition) is 0. The molecule has 0 aromatic carbocycles. The van der Waals surface area contributed by atoms with Crippen molar-refractivity contribution in [1.29, 1.82) is 0 Å². The predicted octanol–water partition coefficient (Wildman–Crippen LogP) is 8.65. The lowest BCUT2D eigenvalue weighted by molar-refractivity contribution is -0.191. The second kappa shape index (κ2) is 10.4. The lowest BCUT2D eigenvalue weighted by atomic mass is 9.44. The molecule has 4 fully saturated rings. The van der Waals surface area contributed by atoms with Gasteiger partial charge in [0.1, 0.15) is 6.10 Å². The summed E-state index contributed by atoms with van der Waals surface area (Å²) in [7, 11) is 0. The van der Waals surface area contributed by atoms with Crippen LogP contribution < -0.4 is 0 Å². The van der Waals surface area contributed by atoms with Crippen LogP contribution >= 0.6 is 11.6 Å². The van der Waals surface area contributed by atoms with Gasteiger partial charge in [0.05, 0.1) is 6.42 Å². The van der Waals surface area contributed by atoms with Crippen LogP contribution in [0.2, 0.25) is 0 Å². The second-order valence-corrected chi connectivity index (χ2v) is 13.8. The molecule has 0 heterocycles. The highest BCUT2D eigenvalue weighted by atomic mass is 35.5. The first-order valence-electron chi connectivity index (χ1n) is 14.5. The van der Waals surface area contributed by atoms with E-state index in [0.717, 1.165) is 47.8 Å². The summed E-state index contributed by atoms with van der Waals surface area (Å²) in [5, 5.41) is 0. The summed E-state index contributed by atoms with van der Waals surface area (Å²) in [6.07, 6.45) is 16.7. The SMILES string of the molecule is CC(C)CCC[C@H](C)[C@@H]1CC[C@H]2[C@H]3CC[C@H]4CCCC(OC(=O)CCCl)[C@]4(C)[C@H]3CC[C@@]21C. The van der Waals surface area contributed by atoms with E-state index in [1.54, 1.807) is 0 Å². The topological polar surface area (TPSA) is 26.3 Å². The summed E-state index contributed by atoms with van der Waals surface area (Å²) in [6.45, 7) is 12.5. The van der Waals surface area contributed by atoms with Gasteiger partial charge < -0.3 is 4.74 Å². The van der Waals surface area contributed by atoms with Crippen molar-refractivity contribution in [2.45, 2.75) is 124 Å². The van der Waals surface area contributed by atoms with Crippen LogP contribution in [0, 0.1) is 52.3 Å². The Kier molecular flexibility index (Phi) is 8.14. The van der Waals surface area contributed by atoms with Gasteiger partial charge in [-0.05, 0) is 105 Å². The van der Waals surface area contributed by atoms with Crippen LogP contribution in [0.1, 0.15) is 118 Å². The molecule has 3 heteroatoms. The smallest absolute Gasteiger partial charge is 0.307 e. The van der Waals surface area contributed by atoms with Crippen molar-refractivity contribution in [3.63, 3.8) is 0 Å². The zero-order valence-corrected chi connectivity index (χ0v) is 23.0. The van der Waals surface area contributed by atoms with Crippen LogP contribution in [0.3, 0.4) is 0 Å². The van der Waals surface area contributed by atoms with E-state index < -0.39 is 0 Å². The first-order chi connectivity index (χ1) is 15.7. The Bertz CT molecular complexity index is 676. The van der Waals surface area contributed by atoms with E-state index in [4.69, 9.17) is 16.3 Å². The van der Waals surface area contributed by atoms with Gasteiger partial charge in [-0.2, -0.15) is 0 Å². The normalized spacial score (nSPS) is 43.5. The first-order valence-corrected chi connectivity index (χ1v) is 15.0. The van der Waals surface area contributed by atoms with Gasteiger partial charge in [0, 0.05) is 11.3 Å². The number of fused-ring (bicyclic) bond motifs is 5. The van der Waals surface area contributed by atoms with E-state index in [2.05, 4.69) is 34.6 Å². The first kappa shape index (κ1) is 25.8. The van der Waals surface area contributed by atoms with Gasteiger partial charge in [0.25, 0.3) is 0 Å². The fourth-order valence-electron chi connectivity index (χ4n) is 9.79. The van der Waals surface area contributed by atoms with Crippen molar-refractivity contribution in [2.24, 2.45) is 52.3 Å². The highest BCUT2D eigenvalue weighted by molar-refractivity contribution is 6.18. The minimum atomic E-state index is -0.0733. The molecule has 1 unspecified atom stereocenters. The monoisotopic (exact) mass is 478 g/mol. The summed E-state index contributed by atoms with van der Waals surface area (Å²) < 4.78 is 6.19. The Morgan fingerprint density at radius 1 is 0.970 bits per heavy atom. The highest BCUT2D eigenvalue weighted by Crippen LogP contribution is 2.68. The molecule has 4 rings (SSSR count). The largest absolute Gasteiger partial charge is 0.462 e. The van der Waals surface area contributed by atoms with E-state index >= 15 is 0 Å². The molecule has 0 saturated heterocycles. The van der Waals surface area contributed by atoms with Gasteiger partial charge in [-0.1, -0.05) is 53.9 Å². The van der Waals surface area contributed by atoms with Gasteiger partial charge in [-0.25, -0.2) is 0 Å². The van der Waals surface area contributed by atoms with Crippen LogP contribution in [0.5, 0.6) is 0 Å². The molecular weight excluding hydrogens is 428 g/mol. The molecule has 0 amide bonds. The molecule has 4 aliphatic rings. The fourth-order valence-corrected chi connectivity index (χ4v) is 9.95. The summed E-state index contributed by atoms with van der Waals surface area (Å²) in [6, 6.07) is 0. The Balaban J connectivity index is 1.50. The molecular formula is C30H51ClO2. The molecule has 4 saturated carbocycles. The zero-order valence-electron chi connectivity index (χ0n) is 22.2. The number of alkyl halides is 1.